The van der Waals surface area contributed by atoms with Gasteiger partial charge in [-0.15, -0.1) is 0 Å². The molecule has 8 heteroatoms. The summed E-state index contributed by atoms with van der Waals surface area (Å²) in [6, 6.07) is 25.0. The molecule has 5 rings (SSSR count). The zero-order valence-corrected chi connectivity index (χ0v) is 27.9. The topological polar surface area (TPSA) is 77.5 Å². The van der Waals surface area contributed by atoms with E-state index in [1.54, 1.807) is 19.1 Å². The third-order valence-corrected chi connectivity index (χ3v) is 8.59. The number of carbonyl (C=O) groups is 2. The first kappa shape index (κ1) is 33.5. The molecule has 0 spiro atoms. The summed E-state index contributed by atoms with van der Waals surface area (Å²) in [5.41, 5.74) is 4.74. The van der Waals surface area contributed by atoms with Crippen molar-refractivity contribution < 1.29 is 28.5 Å². The number of ether oxygens (including phenoxy) is 4. The van der Waals surface area contributed by atoms with E-state index >= 15 is 0 Å². The maximum absolute atomic E-state index is 14.7. The average molecular weight is 629 g/mol. The first-order valence-electron chi connectivity index (χ1n) is 16.3. The molecular formula is C38H48N2O6. The molecule has 46 heavy (non-hydrogen) atoms. The van der Waals surface area contributed by atoms with Gasteiger partial charge in [0.15, 0.2) is 0 Å². The second-order valence-electron chi connectivity index (χ2n) is 13.4. The van der Waals surface area contributed by atoms with Gasteiger partial charge in [0.05, 0.1) is 32.8 Å². The molecule has 2 amide bonds. The normalized spacial score (nSPS) is 18.2. The standard InChI is InChI=1S/C38H48N2O6/c1-38(2,3)46-37(42)39-17-16-34(31-13-9-12-30(23-31)29-10-7-6-8-11-29)35(25-39)36(41)40(32-14-15-32)24-27-20-28(22-33(21-27)44-5)26-45-19-18-43-4/h6-13,20-23,32,34-35H,14-19,24-26H2,1-5H3/t34-,35+/m1/s1. The van der Waals surface area contributed by atoms with E-state index in [9.17, 15) is 9.59 Å². The van der Waals surface area contributed by atoms with Gasteiger partial charge in [0.2, 0.25) is 5.91 Å². The monoisotopic (exact) mass is 628 g/mol. The molecule has 2 aliphatic rings. The van der Waals surface area contributed by atoms with E-state index in [4.69, 9.17) is 18.9 Å². The number of amides is 2. The molecule has 246 valence electrons. The lowest BCUT2D eigenvalue weighted by atomic mass is 9.79. The Bertz CT molecular complexity index is 1470. The molecule has 0 N–H and O–H groups in total. The summed E-state index contributed by atoms with van der Waals surface area (Å²) in [7, 11) is 3.31. The summed E-state index contributed by atoms with van der Waals surface area (Å²) in [6.07, 6.45) is 2.25. The molecule has 1 heterocycles. The smallest absolute Gasteiger partial charge is 0.410 e. The lowest BCUT2D eigenvalue weighted by molar-refractivity contribution is -0.139. The Labute approximate surface area is 273 Å². The van der Waals surface area contributed by atoms with E-state index in [0.717, 1.165) is 46.4 Å². The van der Waals surface area contributed by atoms with Crippen molar-refractivity contribution in [3.8, 4) is 16.9 Å². The highest BCUT2D eigenvalue weighted by Gasteiger charge is 2.43. The van der Waals surface area contributed by atoms with Gasteiger partial charge in [-0.25, -0.2) is 4.79 Å². The molecule has 0 radical (unpaired) electrons. The van der Waals surface area contributed by atoms with Crippen LogP contribution in [0.5, 0.6) is 5.75 Å². The van der Waals surface area contributed by atoms with E-state index in [-0.39, 0.29) is 24.0 Å². The first-order chi connectivity index (χ1) is 22.1. The Morgan fingerprint density at radius 2 is 1.61 bits per heavy atom. The Balaban J connectivity index is 1.43. The molecule has 0 aromatic heterocycles. The van der Waals surface area contributed by atoms with Crippen molar-refractivity contribution in [1.29, 1.82) is 0 Å². The molecule has 8 nitrogen and oxygen atoms in total. The minimum Gasteiger partial charge on any atom is -0.497 e. The van der Waals surface area contributed by atoms with E-state index < -0.39 is 11.5 Å². The van der Waals surface area contributed by atoms with Gasteiger partial charge in [-0.05, 0) is 85.9 Å². The summed E-state index contributed by atoms with van der Waals surface area (Å²) < 4.78 is 22.3. The van der Waals surface area contributed by atoms with Crippen LogP contribution in [0, 0.1) is 5.92 Å². The number of piperidine rings is 1. The van der Waals surface area contributed by atoms with Gasteiger partial charge < -0.3 is 28.7 Å². The second-order valence-corrected chi connectivity index (χ2v) is 13.4. The average Bonchev–Trinajstić information content (AvgIpc) is 3.90. The van der Waals surface area contributed by atoms with Gasteiger partial charge >= 0.3 is 6.09 Å². The van der Waals surface area contributed by atoms with Crippen LogP contribution < -0.4 is 4.74 Å². The summed E-state index contributed by atoms with van der Waals surface area (Å²) in [4.78, 5) is 31.7. The van der Waals surface area contributed by atoms with Gasteiger partial charge in [0.1, 0.15) is 11.4 Å². The van der Waals surface area contributed by atoms with Crippen LogP contribution in [0.15, 0.2) is 72.8 Å². The quantitative estimate of drug-likeness (QED) is 0.200. The van der Waals surface area contributed by atoms with E-state index in [1.807, 2.05) is 56.0 Å². The zero-order chi connectivity index (χ0) is 32.7. The number of rotatable bonds is 12. The molecule has 1 aliphatic heterocycles. The fourth-order valence-corrected chi connectivity index (χ4v) is 6.21. The minimum absolute atomic E-state index is 0.0360. The SMILES string of the molecule is COCCOCc1cc(CN(C(=O)[C@H]2CN(C(=O)OC(C)(C)C)CC[C@@H]2c2cccc(-c3ccccc3)c2)C2CC2)cc(OC)c1. The van der Waals surface area contributed by atoms with Gasteiger partial charge in [-0.1, -0.05) is 60.7 Å². The van der Waals surface area contributed by atoms with E-state index in [2.05, 4.69) is 42.5 Å². The third-order valence-electron chi connectivity index (χ3n) is 8.59. The van der Waals surface area contributed by atoms with Crippen LogP contribution in [0.4, 0.5) is 4.79 Å². The number of hydrogen-bond donors (Lipinski definition) is 0. The van der Waals surface area contributed by atoms with Crippen molar-refractivity contribution in [3.63, 3.8) is 0 Å². The molecule has 0 unspecified atom stereocenters. The minimum atomic E-state index is -0.616. The van der Waals surface area contributed by atoms with Crippen LogP contribution in [0.25, 0.3) is 11.1 Å². The highest BCUT2D eigenvalue weighted by atomic mass is 16.6. The number of likely N-dealkylation sites (tertiary alicyclic amines) is 1. The molecule has 1 saturated carbocycles. The maximum Gasteiger partial charge on any atom is 0.410 e. The lowest BCUT2D eigenvalue weighted by Gasteiger charge is -2.40. The summed E-state index contributed by atoms with van der Waals surface area (Å²) >= 11 is 0. The van der Waals surface area contributed by atoms with Crippen molar-refractivity contribution in [2.24, 2.45) is 5.92 Å². The number of carbonyl (C=O) groups excluding carboxylic acids is 2. The summed E-state index contributed by atoms with van der Waals surface area (Å²) in [6.45, 7) is 8.37. The fourth-order valence-electron chi connectivity index (χ4n) is 6.21. The highest BCUT2D eigenvalue weighted by molar-refractivity contribution is 5.82. The predicted molar refractivity (Wildman–Crippen MR) is 179 cm³/mol. The molecule has 1 saturated heterocycles. The van der Waals surface area contributed by atoms with Crippen LogP contribution in [0.1, 0.15) is 62.6 Å². The van der Waals surface area contributed by atoms with Gasteiger partial charge in [-0.3, -0.25) is 4.79 Å². The molecule has 3 aromatic carbocycles. The zero-order valence-electron chi connectivity index (χ0n) is 27.9. The molecule has 0 bridgehead atoms. The molecule has 2 atom stereocenters. The number of methoxy groups -OCH3 is 2. The van der Waals surface area contributed by atoms with Gasteiger partial charge in [0.25, 0.3) is 0 Å². The number of benzene rings is 3. The van der Waals surface area contributed by atoms with Crippen LogP contribution in [-0.2, 0) is 32.2 Å². The van der Waals surface area contributed by atoms with Crippen molar-refractivity contribution in [2.75, 3.05) is 40.5 Å². The Kier molecular flexibility index (Phi) is 11.0. The lowest BCUT2D eigenvalue weighted by Crippen LogP contribution is -2.51. The number of nitrogens with zero attached hydrogens (tertiary/aromatic N) is 2. The van der Waals surface area contributed by atoms with Crippen LogP contribution >= 0.6 is 0 Å². The molecule has 1 aliphatic carbocycles. The largest absolute Gasteiger partial charge is 0.497 e. The molecular weight excluding hydrogens is 580 g/mol. The maximum atomic E-state index is 14.7. The van der Waals surface area contributed by atoms with Crippen molar-refractivity contribution in [1.82, 2.24) is 9.80 Å². The Morgan fingerprint density at radius 3 is 2.30 bits per heavy atom. The summed E-state index contributed by atoms with van der Waals surface area (Å²) in [5, 5.41) is 0. The highest BCUT2D eigenvalue weighted by Crippen LogP contribution is 2.39. The van der Waals surface area contributed by atoms with Crippen LogP contribution in [-0.4, -0.2) is 74.0 Å². The Morgan fingerprint density at radius 1 is 0.870 bits per heavy atom. The third kappa shape index (κ3) is 8.89. The molecule has 2 fully saturated rings. The van der Waals surface area contributed by atoms with Crippen molar-refractivity contribution in [2.45, 2.75) is 70.7 Å². The van der Waals surface area contributed by atoms with Gasteiger partial charge in [0, 0.05) is 32.8 Å². The van der Waals surface area contributed by atoms with Crippen LogP contribution in [0.3, 0.4) is 0 Å². The fraction of sp³-hybridized carbons (Fsp3) is 0.474. The first-order valence-corrected chi connectivity index (χ1v) is 16.3. The van der Waals surface area contributed by atoms with Crippen molar-refractivity contribution >= 4 is 12.0 Å². The van der Waals surface area contributed by atoms with E-state index in [1.165, 1.54) is 0 Å². The number of hydrogen-bond acceptors (Lipinski definition) is 6. The summed E-state index contributed by atoms with van der Waals surface area (Å²) in [5.74, 6) is 0.364. The predicted octanol–water partition coefficient (Wildman–Crippen LogP) is 7.06. The van der Waals surface area contributed by atoms with Gasteiger partial charge in [-0.2, -0.15) is 0 Å². The van der Waals surface area contributed by atoms with Crippen molar-refractivity contribution in [3.05, 3.63) is 89.5 Å². The Hall–Kier alpha value is -3.88. The molecule has 3 aromatic rings. The van der Waals surface area contributed by atoms with E-state index in [0.29, 0.717) is 45.9 Å². The second kappa shape index (κ2) is 15.1. The van der Waals surface area contributed by atoms with Crippen LogP contribution in [0.2, 0.25) is 0 Å².